The van der Waals surface area contributed by atoms with Gasteiger partial charge in [-0.25, -0.2) is 9.97 Å². The highest BCUT2D eigenvalue weighted by Gasteiger charge is 2.13. The zero-order valence-corrected chi connectivity index (χ0v) is 8.53. The van der Waals surface area contributed by atoms with Gasteiger partial charge in [-0.2, -0.15) is 0 Å². The Bertz CT molecular complexity index is 281. The minimum Gasteiger partial charge on any atom is -0.468 e. The highest BCUT2D eigenvalue weighted by Crippen LogP contribution is 1.98. The third kappa shape index (κ3) is 3.68. The fraction of sp³-hybridized carbons (Fsp3) is 0.375. The maximum atomic E-state index is 10.9. The van der Waals surface area contributed by atoms with Crippen molar-refractivity contribution in [3.05, 3.63) is 24.3 Å². The molecule has 0 unspecified atom stereocenters. The van der Waals surface area contributed by atoms with Crippen molar-refractivity contribution in [3.63, 3.8) is 0 Å². The molecule has 1 heterocycles. The Morgan fingerprint density at radius 2 is 2.14 bits per heavy atom. The maximum absolute atomic E-state index is 10.9. The molecule has 0 radical (unpaired) electrons. The summed E-state index contributed by atoms with van der Waals surface area (Å²) in [6.45, 7) is 0. The number of methoxy groups -OCH3 is 1. The molecule has 5 nitrogen and oxygen atoms in total. The molecule has 1 aromatic heterocycles. The Hall–Kier alpha value is -1.20. The number of carbonyl (C=O) groups excluding carboxylic acids is 1. The lowest BCUT2D eigenvalue weighted by atomic mass is 10.1. The third-order valence-electron chi connectivity index (χ3n) is 1.57. The third-order valence-corrected chi connectivity index (χ3v) is 1.57. The van der Waals surface area contributed by atoms with E-state index in [4.69, 9.17) is 5.73 Å². The van der Waals surface area contributed by atoms with Gasteiger partial charge in [0, 0.05) is 18.8 Å². The van der Waals surface area contributed by atoms with Crippen LogP contribution in [0.25, 0.3) is 0 Å². The van der Waals surface area contributed by atoms with Crippen molar-refractivity contribution in [2.75, 3.05) is 7.11 Å². The Kier molecular flexibility index (Phi) is 5.74. The molecular formula is C8H12ClN3O2. The summed E-state index contributed by atoms with van der Waals surface area (Å²) >= 11 is 0. The number of hydrogen-bond acceptors (Lipinski definition) is 5. The maximum Gasteiger partial charge on any atom is 0.322 e. The number of esters is 1. The lowest BCUT2D eigenvalue weighted by molar-refractivity contribution is -0.142. The summed E-state index contributed by atoms with van der Waals surface area (Å²) in [7, 11) is 1.31. The normalized spacial score (nSPS) is 11.3. The molecule has 2 N–H and O–H groups in total. The SMILES string of the molecule is COC(=O)[C@H](N)Cc1cncnc1.Cl. The van der Waals surface area contributed by atoms with E-state index in [0.717, 1.165) is 5.56 Å². The van der Waals surface area contributed by atoms with Gasteiger partial charge in [0.05, 0.1) is 7.11 Å². The second kappa shape index (κ2) is 6.28. The number of halogens is 1. The van der Waals surface area contributed by atoms with Gasteiger partial charge in [-0.3, -0.25) is 4.79 Å². The van der Waals surface area contributed by atoms with Crippen LogP contribution >= 0.6 is 12.4 Å². The summed E-state index contributed by atoms with van der Waals surface area (Å²) < 4.78 is 4.48. The fourth-order valence-electron chi connectivity index (χ4n) is 0.924. The molecule has 0 bridgehead atoms. The summed E-state index contributed by atoms with van der Waals surface area (Å²) in [5.41, 5.74) is 6.35. The molecule has 0 spiro atoms. The highest BCUT2D eigenvalue weighted by molar-refractivity contribution is 5.85. The van der Waals surface area contributed by atoms with E-state index >= 15 is 0 Å². The lowest BCUT2D eigenvalue weighted by Crippen LogP contribution is -2.33. The van der Waals surface area contributed by atoms with E-state index in [2.05, 4.69) is 14.7 Å². The number of rotatable bonds is 3. The Balaban J connectivity index is 0.00000169. The van der Waals surface area contributed by atoms with Gasteiger partial charge in [-0.1, -0.05) is 0 Å². The molecule has 1 aromatic rings. The largest absolute Gasteiger partial charge is 0.468 e. The molecule has 1 rings (SSSR count). The molecular weight excluding hydrogens is 206 g/mol. The zero-order chi connectivity index (χ0) is 9.68. The average Bonchev–Trinajstić information content (AvgIpc) is 2.18. The predicted octanol–water partition coefficient (Wildman–Crippen LogP) is -0.0588. The van der Waals surface area contributed by atoms with Crippen LogP contribution in [0.4, 0.5) is 0 Å². The van der Waals surface area contributed by atoms with Gasteiger partial charge < -0.3 is 10.5 Å². The highest BCUT2D eigenvalue weighted by atomic mass is 35.5. The smallest absolute Gasteiger partial charge is 0.322 e. The molecule has 0 aromatic carbocycles. The van der Waals surface area contributed by atoms with Gasteiger partial charge in [0.2, 0.25) is 0 Å². The second-order valence-corrected chi connectivity index (χ2v) is 2.58. The summed E-state index contributed by atoms with van der Waals surface area (Å²) in [6, 6.07) is -0.643. The topological polar surface area (TPSA) is 78.1 Å². The minimum atomic E-state index is -0.643. The van der Waals surface area contributed by atoms with Crippen molar-refractivity contribution in [2.45, 2.75) is 12.5 Å². The monoisotopic (exact) mass is 217 g/mol. The van der Waals surface area contributed by atoms with E-state index < -0.39 is 12.0 Å². The molecule has 14 heavy (non-hydrogen) atoms. The summed E-state index contributed by atoms with van der Waals surface area (Å²) in [5, 5.41) is 0. The van der Waals surface area contributed by atoms with E-state index in [-0.39, 0.29) is 12.4 Å². The molecule has 0 aliphatic heterocycles. The van der Waals surface area contributed by atoms with Gasteiger partial charge in [0.25, 0.3) is 0 Å². The first-order valence-electron chi connectivity index (χ1n) is 3.81. The molecule has 78 valence electrons. The molecule has 0 aliphatic rings. The van der Waals surface area contributed by atoms with Gasteiger partial charge >= 0.3 is 5.97 Å². The zero-order valence-electron chi connectivity index (χ0n) is 7.71. The first-order valence-corrected chi connectivity index (χ1v) is 3.81. The van der Waals surface area contributed by atoms with Crippen molar-refractivity contribution in [2.24, 2.45) is 5.73 Å². The second-order valence-electron chi connectivity index (χ2n) is 2.58. The van der Waals surface area contributed by atoms with Crippen LogP contribution in [0.1, 0.15) is 5.56 Å². The van der Waals surface area contributed by atoms with E-state index in [1.54, 1.807) is 12.4 Å². The van der Waals surface area contributed by atoms with Crippen molar-refractivity contribution < 1.29 is 9.53 Å². The fourth-order valence-corrected chi connectivity index (χ4v) is 0.924. The van der Waals surface area contributed by atoms with Crippen molar-refractivity contribution in [1.29, 1.82) is 0 Å². The van der Waals surface area contributed by atoms with Crippen LogP contribution in [0.5, 0.6) is 0 Å². The standard InChI is InChI=1S/C8H11N3O2.ClH/c1-13-8(12)7(9)2-6-3-10-5-11-4-6;/h3-5,7H,2,9H2,1H3;1H/t7-;/m1./s1. The van der Waals surface area contributed by atoms with Crippen molar-refractivity contribution >= 4 is 18.4 Å². The number of hydrogen-bond donors (Lipinski definition) is 1. The van der Waals surface area contributed by atoms with Gasteiger partial charge in [0.1, 0.15) is 12.4 Å². The van der Waals surface area contributed by atoms with Crippen LogP contribution in [0, 0.1) is 0 Å². The lowest BCUT2D eigenvalue weighted by Gasteiger charge is -2.07. The van der Waals surface area contributed by atoms with Crippen molar-refractivity contribution in [3.8, 4) is 0 Å². The molecule has 6 heteroatoms. The van der Waals surface area contributed by atoms with E-state index in [1.807, 2.05) is 0 Å². The van der Waals surface area contributed by atoms with Gasteiger partial charge in [0.15, 0.2) is 0 Å². The van der Waals surface area contributed by atoms with Gasteiger partial charge in [-0.05, 0) is 5.56 Å². The van der Waals surface area contributed by atoms with Crippen molar-refractivity contribution in [1.82, 2.24) is 9.97 Å². The van der Waals surface area contributed by atoms with E-state index in [1.165, 1.54) is 13.4 Å². The first-order chi connectivity index (χ1) is 6.24. The van der Waals surface area contributed by atoms with Crippen LogP contribution < -0.4 is 5.73 Å². The van der Waals surface area contributed by atoms with Crippen LogP contribution in [-0.4, -0.2) is 29.1 Å². The van der Waals surface area contributed by atoms with Gasteiger partial charge in [-0.15, -0.1) is 12.4 Å². The number of nitrogens with two attached hydrogens (primary N) is 1. The number of aromatic nitrogens is 2. The molecule has 0 saturated carbocycles. The molecule has 0 fully saturated rings. The Morgan fingerprint density at radius 1 is 1.57 bits per heavy atom. The minimum absolute atomic E-state index is 0. The van der Waals surface area contributed by atoms with Crippen LogP contribution in [0.15, 0.2) is 18.7 Å². The number of carbonyl (C=O) groups is 1. The summed E-state index contributed by atoms with van der Waals surface area (Å²) in [4.78, 5) is 18.5. The van der Waals surface area contributed by atoms with E-state index in [9.17, 15) is 4.79 Å². The first kappa shape index (κ1) is 12.8. The summed E-state index contributed by atoms with van der Waals surface area (Å²) in [6.07, 6.45) is 5.06. The van der Waals surface area contributed by atoms with Crippen LogP contribution in [0.2, 0.25) is 0 Å². The van der Waals surface area contributed by atoms with E-state index in [0.29, 0.717) is 6.42 Å². The molecule has 0 amide bonds. The Labute approximate surface area is 88.1 Å². The predicted molar refractivity (Wildman–Crippen MR) is 53.0 cm³/mol. The molecule has 1 atom stereocenters. The summed E-state index contributed by atoms with van der Waals surface area (Å²) in [5.74, 6) is -0.427. The molecule has 0 saturated heterocycles. The quantitative estimate of drug-likeness (QED) is 0.718. The Morgan fingerprint density at radius 3 is 2.64 bits per heavy atom. The average molecular weight is 218 g/mol. The van der Waals surface area contributed by atoms with Crippen LogP contribution in [-0.2, 0) is 16.0 Å². The number of nitrogens with zero attached hydrogens (tertiary/aromatic N) is 2. The molecule has 0 aliphatic carbocycles. The number of ether oxygens (including phenoxy) is 1. The van der Waals surface area contributed by atoms with Crippen LogP contribution in [0.3, 0.4) is 0 Å².